The lowest BCUT2D eigenvalue weighted by Crippen LogP contribution is -2.25. The lowest BCUT2D eigenvalue weighted by Gasteiger charge is -2.36. The van der Waals surface area contributed by atoms with Crippen LogP contribution in [0.2, 0.25) is 0 Å². The van der Waals surface area contributed by atoms with Crippen LogP contribution in [0, 0.1) is 5.41 Å². The molecule has 3 heteroatoms. The molecule has 0 nitrogen and oxygen atoms in total. The van der Waals surface area contributed by atoms with Crippen LogP contribution >= 0.6 is 29.1 Å². The van der Waals surface area contributed by atoms with Gasteiger partial charge in [0.05, 0.1) is 0 Å². The number of hydrogen-bond acceptors (Lipinski definition) is 2. The van der Waals surface area contributed by atoms with Crippen molar-refractivity contribution in [1.29, 1.82) is 0 Å². The first-order valence-corrected chi connectivity index (χ1v) is 10.1. The number of rotatable bonds is 1. The molecule has 1 fully saturated rings. The molecule has 0 bridgehead atoms. The van der Waals surface area contributed by atoms with E-state index in [0.717, 1.165) is 5.25 Å². The minimum Gasteiger partial charge on any atom is -0.118 e. The van der Waals surface area contributed by atoms with Gasteiger partial charge in [-0.25, -0.2) is 0 Å². The van der Waals surface area contributed by atoms with E-state index in [0.29, 0.717) is 5.41 Å². The molecule has 2 rings (SSSR count). The smallest absolute Gasteiger partial charge is 0.0440 e. The fourth-order valence-corrected chi connectivity index (χ4v) is 10.5. The van der Waals surface area contributed by atoms with E-state index in [-0.39, 0.29) is 6.33 Å². The van der Waals surface area contributed by atoms with Gasteiger partial charge in [0.1, 0.15) is 0 Å². The zero-order chi connectivity index (χ0) is 11.6. The minimum absolute atomic E-state index is 0.0371. The highest BCUT2D eigenvalue weighted by atomic mass is 33.1. The Morgan fingerprint density at radius 1 is 1.19 bits per heavy atom. The van der Waals surface area contributed by atoms with Crippen LogP contribution in [0.25, 0.3) is 0 Å². The van der Waals surface area contributed by atoms with Gasteiger partial charge in [-0.3, -0.25) is 0 Å². The van der Waals surface area contributed by atoms with Crippen LogP contribution in [0.1, 0.15) is 27.2 Å². The van der Waals surface area contributed by atoms with E-state index in [9.17, 15) is 0 Å². The monoisotopic (exact) mass is 270 g/mol. The van der Waals surface area contributed by atoms with Crippen LogP contribution in [-0.2, 0) is 0 Å². The summed E-state index contributed by atoms with van der Waals surface area (Å²) in [6.07, 6.45) is 1.33. The quantitative estimate of drug-likeness (QED) is 0.665. The fraction of sp³-hybridized carbons (Fsp3) is 0.538. The standard InChI is InChI=1S/C13H19PS2/c1-13(2,3)12-9-10-15-14(16-12)11-7-5-4-6-8-11/h4-8,12H,9-10H2,1-3H3. The first kappa shape index (κ1) is 12.8. The Kier molecular flexibility index (Phi) is 4.26. The van der Waals surface area contributed by atoms with Gasteiger partial charge in [0, 0.05) is 11.6 Å². The van der Waals surface area contributed by atoms with E-state index in [4.69, 9.17) is 0 Å². The lowest BCUT2D eigenvalue weighted by molar-refractivity contribution is 0.390. The Hall–Kier alpha value is 0.350. The van der Waals surface area contributed by atoms with Gasteiger partial charge in [-0.1, -0.05) is 51.1 Å². The number of benzene rings is 1. The second-order valence-corrected chi connectivity index (χ2v) is 11.9. The normalized spacial score (nSPS) is 26.7. The van der Waals surface area contributed by atoms with Crippen molar-refractivity contribution in [2.75, 3.05) is 5.75 Å². The van der Waals surface area contributed by atoms with E-state index in [1.165, 1.54) is 12.2 Å². The molecule has 1 heterocycles. The Labute approximate surface area is 108 Å². The van der Waals surface area contributed by atoms with Crippen LogP contribution in [-0.4, -0.2) is 11.0 Å². The van der Waals surface area contributed by atoms with Crippen molar-refractivity contribution in [2.24, 2.45) is 5.41 Å². The second kappa shape index (κ2) is 5.33. The molecule has 0 radical (unpaired) electrons. The van der Waals surface area contributed by atoms with Crippen molar-refractivity contribution in [3.05, 3.63) is 30.3 Å². The van der Waals surface area contributed by atoms with E-state index in [1.54, 1.807) is 5.30 Å². The summed E-state index contributed by atoms with van der Waals surface area (Å²) in [7, 11) is 0. The van der Waals surface area contributed by atoms with Crippen molar-refractivity contribution in [1.82, 2.24) is 0 Å². The van der Waals surface area contributed by atoms with Gasteiger partial charge in [-0.2, -0.15) is 0 Å². The summed E-state index contributed by atoms with van der Waals surface area (Å²) in [6.45, 7) is 7.12. The van der Waals surface area contributed by atoms with Gasteiger partial charge in [0.25, 0.3) is 0 Å². The Morgan fingerprint density at radius 3 is 2.50 bits per heavy atom. The third-order valence-electron chi connectivity index (χ3n) is 2.74. The maximum Gasteiger partial charge on any atom is 0.0440 e. The second-order valence-electron chi connectivity index (χ2n) is 5.17. The average Bonchev–Trinajstić information content (AvgIpc) is 2.29. The maximum absolute atomic E-state index is 2.37. The Balaban J connectivity index is 2.08. The van der Waals surface area contributed by atoms with E-state index in [1.807, 2.05) is 0 Å². The van der Waals surface area contributed by atoms with Gasteiger partial charge in [-0.05, 0) is 22.9 Å². The fourth-order valence-electron chi connectivity index (χ4n) is 1.72. The zero-order valence-electron chi connectivity index (χ0n) is 10.1. The molecule has 16 heavy (non-hydrogen) atoms. The van der Waals surface area contributed by atoms with E-state index < -0.39 is 0 Å². The van der Waals surface area contributed by atoms with Crippen molar-refractivity contribution in [3.63, 3.8) is 0 Å². The molecule has 1 aromatic carbocycles. The highest BCUT2D eigenvalue weighted by Crippen LogP contribution is 2.67. The van der Waals surface area contributed by atoms with Gasteiger partial charge in [0.15, 0.2) is 0 Å². The summed E-state index contributed by atoms with van der Waals surface area (Å²) in [6, 6.07) is 11.0. The zero-order valence-corrected chi connectivity index (χ0v) is 12.7. The van der Waals surface area contributed by atoms with Crippen LogP contribution in [0.4, 0.5) is 0 Å². The predicted molar refractivity (Wildman–Crippen MR) is 80.9 cm³/mol. The molecule has 2 unspecified atom stereocenters. The third kappa shape index (κ3) is 3.18. The molecule has 0 spiro atoms. The Morgan fingerprint density at radius 2 is 1.88 bits per heavy atom. The lowest BCUT2D eigenvalue weighted by atomic mass is 9.90. The molecule has 0 amide bonds. The summed E-state index contributed by atoms with van der Waals surface area (Å²) in [5.41, 5.74) is 0.445. The number of hydrogen-bond donors (Lipinski definition) is 0. The van der Waals surface area contributed by atoms with Gasteiger partial charge in [-0.15, -0.1) is 22.8 Å². The molecule has 2 atom stereocenters. The summed E-state index contributed by atoms with van der Waals surface area (Å²) < 4.78 is 0. The molecule has 0 aliphatic carbocycles. The molecule has 1 saturated heterocycles. The predicted octanol–water partition coefficient (Wildman–Crippen LogP) is 4.91. The molecule has 0 aromatic heterocycles. The van der Waals surface area contributed by atoms with E-state index in [2.05, 4.69) is 73.9 Å². The molecule has 1 aromatic rings. The first-order chi connectivity index (χ1) is 7.57. The molecule has 0 saturated carbocycles. The van der Waals surface area contributed by atoms with Crippen LogP contribution in [0.15, 0.2) is 30.3 Å². The topological polar surface area (TPSA) is 0 Å². The molecular formula is C13H19PS2. The minimum atomic E-state index is -0.0371. The Bertz CT molecular complexity index is 332. The van der Waals surface area contributed by atoms with Gasteiger partial charge >= 0.3 is 0 Å². The summed E-state index contributed by atoms with van der Waals surface area (Å²) in [5, 5.41) is 2.36. The summed E-state index contributed by atoms with van der Waals surface area (Å²) in [5.74, 6) is 1.33. The molecular weight excluding hydrogens is 251 g/mol. The highest BCUT2D eigenvalue weighted by Gasteiger charge is 2.32. The maximum atomic E-state index is 2.37. The van der Waals surface area contributed by atoms with Crippen molar-refractivity contribution >= 4 is 34.4 Å². The first-order valence-electron chi connectivity index (χ1n) is 5.72. The van der Waals surface area contributed by atoms with Crippen molar-refractivity contribution in [2.45, 2.75) is 32.4 Å². The van der Waals surface area contributed by atoms with Crippen molar-refractivity contribution < 1.29 is 0 Å². The summed E-state index contributed by atoms with van der Waals surface area (Å²) in [4.78, 5) is 0. The van der Waals surface area contributed by atoms with E-state index >= 15 is 0 Å². The van der Waals surface area contributed by atoms with Crippen LogP contribution in [0.5, 0.6) is 0 Å². The third-order valence-corrected chi connectivity index (χ3v) is 11.1. The molecule has 1 aliphatic rings. The summed E-state index contributed by atoms with van der Waals surface area (Å²) >= 11 is 4.38. The van der Waals surface area contributed by atoms with Gasteiger partial charge in [0.2, 0.25) is 0 Å². The largest absolute Gasteiger partial charge is 0.118 e. The van der Waals surface area contributed by atoms with Gasteiger partial charge < -0.3 is 0 Å². The van der Waals surface area contributed by atoms with Crippen LogP contribution in [0.3, 0.4) is 0 Å². The van der Waals surface area contributed by atoms with Crippen LogP contribution < -0.4 is 5.30 Å². The van der Waals surface area contributed by atoms with Crippen molar-refractivity contribution in [3.8, 4) is 0 Å². The molecule has 88 valence electrons. The molecule has 0 N–H and O–H groups in total. The average molecular weight is 270 g/mol. The highest BCUT2D eigenvalue weighted by molar-refractivity contribution is 8.90. The molecule has 1 aliphatic heterocycles. The SMILES string of the molecule is CC(C)(C)C1CCSP(c2ccccc2)S1.